The summed E-state index contributed by atoms with van der Waals surface area (Å²) in [5.74, 6) is 2.73. The van der Waals surface area contributed by atoms with Crippen molar-refractivity contribution in [1.29, 1.82) is 0 Å². The molecule has 4 rings (SSSR count). The minimum Gasteiger partial charge on any atom is -0.352 e. The number of benzene rings is 1. The van der Waals surface area contributed by atoms with Gasteiger partial charge in [-0.1, -0.05) is 18.6 Å². The van der Waals surface area contributed by atoms with Gasteiger partial charge in [0.05, 0.1) is 11.3 Å². The molecule has 4 heteroatoms. The van der Waals surface area contributed by atoms with Crippen molar-refractivity contribution in [3.63, 3.8) is 0 Å². The van der Waals surface area contributed by atoms with E-state index in [1.807, 2.05) is 36.5 Å². The van der Waals surface area contributed by atoms with E-state index in [9.17, 15) is 4.79 Å². The predicted molar refractivity (Wildman–Crippen MR) is 89.5 cm³/mol. The summed E-state index contributed by atoms with van der Waals surface area (Å²) in [6, 6.07) is 9.49. The standard InChI is InChI=1S/C19H23N3O/c23-19(20-10-8-16-13-14-6-7-15(16)12-14)17-4-1-2-5-18(17)22-11-3-9-21-22/h1-5,9,11,14-16H,6-8,10,12-13H2,(H,20,23)/t14-,15-,16-/m0/s1. The molecule has 2 aliphatic carbocycles. The first-order valence-corrected chi connectivity index (χ1v) is 8.68. The molecule has 120 valence electrons. The van der Waals surface area contributed by atoms with Crippen molar-refractivity contribution in [2.24, 2.45) is 17.8 Å². The molecule has 1 amide bonds. The lowest BCUT2D eigenvalue weighted by molar-refractivity contribution is 0.0949. The van der Waals surface area contributed by atoms with Crippen LogP contribution in [-0.4, -0.2) is 22.2 Å². The number of carbonyl (C=O) groups excluding carboxylic acids is 1. The molecule has 0 unspecified atom stereocenters. The monoisotopic (exact) mass is 309 g/mol. The third-order valence-corrected chi connectivity index (χ3v) is 5.59. The second-order valence-electron chi connectivity index (χ2n) is 6.95. The van der Waals surface area contributed by atoms with Crippen LogP contribution in [0, 0.1) is 17.8 Å². The highest BCUT2D eigenvalue weighted by Crippen LogP contribution is 2.49. The lowest BCUT2D eigenvalue weighted by Crippen LogP contribution is -2.28. The van der Waals surface area contributed by atoms with Crippen LogP contribution < -0.4 is 5.32 Å². The van der Waals surface area contributed by atoms with Gasteiger partial charge in [-0.2, -0.15) is 5.10 Å². The first-order chi connectivity index (χ1) is 11.3. The Morgan fingerprint density at radius 3 is 2.87 bits per heavy atom. The van der Waals surface area contributed by atoms with Crippen molar-refractivity contribution in [2.75, 3.05) is 6.54 Å². The van der Waals surface area contributed by atoms with Crippen molar-refractivity contribution < 1.29 is 4.79 Å². The van der Waals surface area contributed by atoms with Gasteiger partial charge in [-0.3, -0.25) is 4.79 Å². The zero-order chi connectivity index (χ0) is 15.6. The second kappa shape index (κ2) is 6.19. The molecule has 2 aliphatic rings. The Morgan fingerprint density at radius 2 is 2.13 bits per heavy atom. The minimum absolute atomic E-state index is 0.000689. The van der Waals surface area contributed by atoms with Crippen molar-refractivity contribution in [1.82, 2.24) is 15.1 Å². The normalized spacial score (nSPS) is 25.7. The molecule has 1 aromatic carbocycles. The van der Waals surface area contributed by atoms with Crippen molar-refractivity contribution in [2.45, 2.75) is 32.1 Å². The van der Waals surface area contributed by atoms with Crippen LogP contribution in [-0.2, 0) is 0 Å². The zero-order valence-corrected chi connectivity index (χ0v) is 13.3. The number of amides is 1. The fourth-order valence-electron chi connectivity index (χ4n) is 4.47. The largest absolute Gasteiger partial charge is 0.352 e. The minimum atomic E-state index is -0.000689. The molecule has 0 spiro atoms. The molecular weight excluding hydrogens is 286 g/mol. The molecule has 1 aromatic heterocycles. The molecule has 4 nitrogen and oxygen atoms in total. The maximum Gasteiger partial charge on any atom is 0.253 e. The van der Waals surface area contributed by atoms with Crippen LogP contribution in [0.15, 0.2) is 42.7 Å². The van der Waals surface area contributed by atoms with E-state index >= 15 is 0 Å². The Bertz CT molecular complexity index is 680. The Morgan fingerprint density at radius 1 is 1.22 bits per heavy atom. The highest BCUT2D eigenvalue weighted by atomic mass is 16.1. The summed E-state index contributed by atoms with van der Waals surface area (Å²) in [7, 11) is 0. The number of nitrogens with zero attached hydrogens (tertiary/aromatic N) is 2. The van der Waals surface area contributed by atoms with Gasteiger partial charge in [0, 0.05) is 18.9 Å². The molecule has 0 radical (unpaired) electrons. The SMILES string of the molecule is O=C(NCC[C@H]1C[C@H]2CC[C@H]1C2)c1ccccc1-n1cccn1. The molecule has 1 heterocycles. The van der Waals surface area contributed by atoms with Gasteiger partial charge in [0.2, 0.25) is 0 Å². The number of hydrogen-bond donors (Lipinski definition) is 1. The number of carbonyl (C=O) groups is 1. The average Bonchev–Trinajstić information content (AvgIpc) is 3.32. The van der Waals surface area contributed by atoms with Crippen LogP contribution >= 0.6 is 0 Å². The number of rotatable bonds is 5. The zero-order valence-electron chi connectivity index (χ0n) is 13.3. The first kappa shape index (κ1) is 14.5. The predicted octanol–water partition coefficient (Wildman–Crippen LogP) is 3.43. The second-order valence-corrected chi connectivity index (χ2v) is 6.95. The Kier molecular flexibility index (Phi) is 3.90. The molecule has 0 saturated heterocycles. The van der Waals surface area contributed by atoms with E-state index in [0.29, 0.717) is 5.56 Å². The quantitative estimate of drug-likeness (QED) is 0.920. The van der Waals surface area contributed by atoms with Gasteiger partial charge in [0.25, 0.3) is 5.91 Å². The lowest BCUT2D eigenvalue weighted by atomic mass is 9.86. The molecular formula is C19H23N3O. The van der Waals surface area contributed by atoms with Gasteiger partial charge in [0.15, 0.2) is 0 Å². The summed E-state index contributed by atoms with van der Waals surface area (Å²) in [4.78, 5) is 12.5. The summed E-state index contributed by atoms with van der Waals surface area (Å²) in [5.41, 5.74) is 1.51. The highest BCUT2D eigenvalue weighted by molar-refractivity contribution is 5.97. The van der Waals surface area contributed by atoms with E-state index in [2.05, 4.69) is 10.4 Å². The van der Waals surface area contributed by atoms with Gasteiger partial charge < -0.3 is 5.32 Å². The maximum absolute atomic E-state index is 12.5. The molecule has 0 aliphatic heterocycles. The summed E-state index contributed by atoms with van der Waals surface area (Å²) < 4.78 is 1.74. The van der Waals surface area contributed by atoms with E-state index < -0.39 is 0 Å². The van der Waals surface area contributed by atoms with Crippen LogP contribution in [0.1, 0.15) is 42.5 Å². The molecule has 2 fully saturated rings. The molecule has 2 bridgehead atoms. The van der Waals surface area contributed by atoms with E-state index in [0.717, 1.165) is 36.4 Å². The lowest BCUT2D eigenvalue weighted by Gasteiger charge is -2.21. The Labute approximate surface area is 136 Å². The van der Waals surface area contributed by atoms with Crippen molar-refractivity contribution in [3.05, 3.63) is 48.3 Å². The van der Waals surface area contributed by atoms with E-state index in [4.69, 9.17) is 0 Å². The molecule has 23 heavy (non-hydrogen) atoms. The summed E-state index contributed by atoms with van der Waals surface area (Å²) >= 11 is 0. The number of hydrogen-bond acceptors (Lipinski definition) is 2. The van der Waals surface area contributed by atoms with Gasteiger partial charge in [0.1, 0.15) is 0 Å². The molecule has 2 saturated carbocycles. The summed E-state index contributed by atoms with van der Waals surface area (Å²) in [5, 5.41) is 7.34. The van der Waals surface area contributed by atoms with Gasteiger partial charge in [-0.05, 0) is 61.6 Å². The smallest absolute Gasteiger partial charge is 0.253 e. The number of fused-ring (bicyclic) bond motifs is 2. The topological polar surface area (TPSA) is 46.9 Å². The van der Waals surface area contributed by atoms with Gasteiger partial charge in [-0.15, -0.1) is 0 Å². The third kappa shape index (κ3) is 2.90. The van der Waals surface area contributed by atoms with Crippen molar-refractivity contribution >= 4 is 5.91 Å². The van der Waals surface area contributed by atoms with Crippen LogP contribution in [0.3, 0.4) is 0 Å². The van der Waals surface area contributed by atoms with Crippen LogP contribution in [0.25, 0.3) is 5.69 Å². The molecule has 3 atom stereocenters. The average molecular weight is 309 g/mol. The summed E-state index contributed by atoms with van der Waals surface area (Å²) in [6.45, 7) is 0.778. The Balaban J connectivity index is 1.38. The fourth-order valence-corrected chi connectivity index (χ4v) is 4.47. The Hall–Kier alpha value is -2.10. The van der Waals surface area contributed by atoms with Crippen LogP contribution in [0.2, 0.25) is 0 Å². The van der Waals surface area contributed by atoms with Gasteiger partial charge >= 0.3 is 0 Å². The maximum atomic E-state index is 12.5. The highest BCUT2D eigenvalue weighted by Gasteiger charge is 2.38. The van der Waals surface area contributed by atoms with Gasteiger partial charge in [-0.25, -0.2) is 4.68 Å². The fraction of sp³-hybridized carbons (Fsp3) is 0.474. The van der Waals surface area contributed by atoms with E-state index in [1.165, 1.54) is 25.7 Å². The number of aromatic nitrogens is 2. The molecule has 1 N–H and O–H groups in total. The number of nitrogens with one attached hydrogen (secondary N) is 1. The van der Waals surface area contributed by atoms with E-state index in [1.54, 1.807) is 10.9 Å². The third-order valence-electron chi connectivity index (χ3n) is 5.59. The van der Waals surface area contributed by atoms with Crippen molar-refractivity contribution in [3.8, 4) is 5.69 Å². The first-order valence-electron chi connectivity index (χ1n) is 8.68. The van der Waals surface area contributed by atoms with Crippen LogP contribution in [0.5, 0.6) is 0 Å². The molecule has 2 aromatic rings. The van der Waals surface area contributed by atoms with E-state index in [-0.39, 0.29) is 5.91 Å². The number of para-hydroxylation sites is 1. The summed E-state index contributed by atoms with van der Waals surface area (Å²) in [6.07, 6.45) is 10.4. The van der Waals surface area contributed by atoms with Crippen LogP contribution in [0.4, 0.5) is 0 Å².